The fraction of sp³-hybridized carbons (Fsp3) is 0.429. The van der Waals surface area contributed by atoms with Crippen LogP contribution in [0.15, 0.2) is 16.7 Å². The summed E-state index contributed by atoms with van der Waals surface area (Å²) in [6.07, 6.45) is 1.92. The van der Waals surface area contributed by atoms with Crippen LogP contribution in [0.25, 0.3) is 0 Å². The van der Waals surface area contributed by atoms with E-state index in [1.165, 1.54) is 39.8 Å². The van der Waals surface area contributed by atoms with Crippen molar-refractivity contribution in [1.82, 2.24) is 15.2 Å². The first-order valence-electron chi connectivity index (χ1n) is 7.30. The van der Waals surface area contributed by atoms with Crippen LogP contribution < -0.4 is 11.1 Å². The van der Waals surface area contributed by atoms with Crippen LogP contribution in [0, 0.1) is 0 Å². The molecule has 11 heteroatoms. The molecule has 2 atom stereocenters. The van der Waals surface area contributed by atoms with Gasteiger partial charge in [0.2, 0.25) is 5.91 Å². The minimum Gasteiger partial charge on any atom is -0.477 e. The number of β-lactam (4-membered cyclic amide) rings is 1. The number of nitrogen functional groups attached to an aromatic ring is 1. The topological polar surface area (TPSA) is 126 Å². The zero-order chi connectivity index (χ0) is 18.1. The third-order valence-corrected chi connectivity index (χ3v) is 6.50. The second-order valence-electron chi connectivity index (χ2n) is 5.50. The van der Waals surface area contributed by atoms with Crippen LogP contribution in [-0.4, -0.2) is 62.0 Å². The average molecular weight is 401 g/mol. The van der Waals surface area contributed by atoms with Crippen molar-refractivity contribution in [3.05, 3.63) is 22.3 Å². The molecule has 3 heterocycles. The van der Waals surface area contributed by atoms with E-state index in [1.54, 1.807) is 5.38 Å². The Labute approximate surface area is 156 Å². The minimum atomic E-state index is -1.11. The number of fused-ring (bicyclic) bond motifs is 1. The molecule has 4 N–H and O–H groups in total. The molecule has 0 radical (unpaired) electrons. The first kappa shape index (κ1) is 18.1. The molecule has 1 aromatic rings. The fourth-order valence-corrected chi connectivity index (χ4v) is 5.39. The second kappa shape index (κ2) is 7.26. The number of aromatic nitrogens is 1. The summed E-state index contributed by atoms with van der Waals surface area (Å²) in [6, 6.07) is -0.710. The summed E-state index contributed by atoms with van der Waals surface area (Å²) in [5, 5.41) is 13.8. The summed E-state index contributed by atoms with van der Waals surface area (Å²) in [7, 11) is 0. The van der Waals surface area contributed by atoms with Crippen molar-refractivity contribution in [3.8, 4) is 0 Å². The van der Waals surface area contributed by atoms with Crippen molar-refractivity contribution < 1.29 is 19.5 Å². The molecule has 1 saturated heterocycles. The maximum atomic E-state index is 12.4. The summed E-state index contributed by atoms with van der Waals surface area (Å²) in [5.74, 6) is -0.733. The lowest BCUT2D eigenvalue weighted by Crippen LogP contribution is -2.70. The monoisotopic (exact) mass is 400 g/mol. The van der Waals surface area contributed by atoms with Gasteiger partial charge in [-0.1, -0.05) is 0 Å². The molecule has 3 rings (SSSR count). The zero-order valence-corrected chi connectivity index (χ0v) is 15.7. The molecule has 0 aliphatic carbocycles. The summed E-state index contributed by atoms with van der Waals surface area (Å²) in [6.45, 7) is 0. The van der Waals surface area contributed by atoms with E-state index in [4.69, 9.17) is 5.73 Å². The number of aliphatic carboxylic acids is 1. The van der Waals surface area contributed by atoms with Gasteiger partial charge in [-0.2, -0.15) is 11.8 Å². The highest BCUT2D eigenvalue weighted by Crippen LogP contribution is 2.40. The van der Waals surface area contributed by atoms with Crippen LogP contribution in [0.1, 0.15) is 5.69 Å². The Morgan fingerprint density at radius 2 is 2.32 bits per heavy atom. The van der Waals surface area contributed by atoms with Gasteiger partial charge in [0.15, 0.2) is 5.13 Å². The van der Waals surface area contributed by atoms with Gasteiger partial charge in [-0.25, -0.2) is 9.78 Å². The molecule has 1 unspecified atom stereocenters. The highest BCUT2D eigenvalue weighted by atomic mass is 32.2. The molecule has 0 saturated carbocycles. The Bertz CT molecular complexity index is 763. The molecule has 1 aromatic heterocycles. The van der Waals surface area contributed by atoms with Crippen molar-refractivity contribution in [2.24, 2.45) is 0 Å². The van der Waals surface area contributed by atoms with Crippen molar-refractivity contribution in [2.45, 2.75) is 17.8 Å². The highest BCUT2D eigenvalue weighted by Gasteiger charge is 2.54. The van der Waals surface area contributed by atoms with Crippen molar-refractivity contribution >= 4 is 57.8 Å². The fourth-order valence-electron chi connectivity index (χ4n) is 2.76. The third kappa shape index (κ3) is 3.48. The van der Waals surface area contributed by atoms with Gasteiger partial charge in [-0.05, 0) is 11.8 Å². The first-order chi connectivity index (χ1) is 11.9. The normalized spacial score (nSPS) is 22.4. The molecule has 25 heavy (non-hydrogen) atoms. The van der Waals surface area contributed by atoms with Gasteiger partial charge < -0.3 is 16.2 Å². The molecule has 8 nitrogen and oxygen atoms in total. The number of nitrogens with two attached hydrogens (primary N) is 1. The largest absolute Gasteiger partial charge is 0.477 e. The van der Waals surface area contributed by atoms with Gasteiger partial charge in [0.1, 0.15) is 17.1 Å². The number of carbonyl (C=O) groups excluding carboxylic acids is 2. The van der Waals surface area contributed by atoms with E-state index in [0.29, 0.717) is 22.3 Å². The Morgan fingerprint density at radius 3 is 2.92 bits per heavy atom. The molecule has 1 fully saturated rings. The highest BCUT2D eigenvalue weighted by molar-refractivity contribution is 8.00. The van der Waals surface area contributed by atoms with Crippen molar-refractivity contribution in [3.63, 3.8) is 0 Å². The molecule has 0 spiro atoms. The molecule has 0 aromatic carbocycles. The van der Waals surface area contributed by atoms with E-state index in [-0.39, 0.29) is 29.3 Å². The third-order valence-electron chi connectivity index (χ3n) is 3.80. The van der Waals surface area contributed by atoms with Gasteiger partial charge in [-0.15, -0.1) is 23.1 Å². The van der Waals surface area contributed by atoms with E-state index in [0.717, 1.165) is 5.57 Å². The number of carboxylic acids is 1. The number of rotatable bonds is 6. The predicted octanol–water partition coefficient (Wildman–Crippen LogP) is 0.369. The van der Waals surface area contributed by atoms with Gasteiger partial charge in [-0.3, -0.25) is 14.5 Å². The molecule has 2 aliphatic rings. The van der Waals surface area contributed by atoms with Crippen molar-refractivity contribution in [1.29, 1.82) is 0 Å². The van der Waals surface area contributed by atoms with Gasteiger partial charge in [0.25, 0.3) is 5.91 Å². The molecule has 0 bridgehead atoms. The van der Waals surface area contributed by atoms with Crippen LogP contribution >= 0.6 is 34.9 Å². The van der Waals surface area contributed by atoms with Gasteiger partial charge >= 0.3 is 5.97 Å². The van der Waals surface area contributed by atoms with Crippen LogP contribution in [0.5, 0.6) is 0 Å². The number of amides is 2. The number of nitrogens with one attached hydrogen (secondary N) is 1. The summed E-state index contributed by atoms with van der Waals surface area (Å²) in [5.41, 5.74) is 6.87. The lowest BCUT2D eigenvalue weighted by molar-refractivity contribution is -0.150. The van der Waals surface area contributed by atoms with Gasteiger partial charge in [0.05, 0.1) is 12.1 Å². The number of carboxylic acid groups (broad SMARTS) is 1. The number of nitrogens with zero attached hydrogens (tertiary/aromatic N) is 2. The summed E-state index contributed by atoms with van der Waals surface area (Å²) in [4.78, 5) is 41.4. The average Bonchev–Trinajstić information content (AvgIpc) is 2.97. The van der Waals surface area contributed by atoms with E-state index < -0.39 is 12.0 Å². The van der Waals surface area contributed by atoms with E-state index in [2.05, 4.69) is 10.3 Å². The van der Waals surface area contributed by atoms with E-state index in [1.807, 2.05) is 6.26 Å². The Morgan fingerprint density at radius 1 is 1.56 bits per heavy atom. The van der Waals surface area contributed by atoms with Crippen LogP contribution in [0.4, 0.5) is 5.13 Å². The predicted molar refractivity (Wildman–Crippen MR) is 98.3 cm³/mol. The van der Waals surface area contributed by atoms with Crippen LogP contribution in [0.2, 0.25) is 0 Å². The molecule has 2 aliphatic heterocycles. The summed E-state index contributed by atoms with van der Waals surface area (Å²) < 4.78 is 0. The Hall–Kier alpha value is -1.72. The van der Waals surface area contributed by atoms with E-state index >= 15 is 0 Å². The second-order valence-corrected chi connectivity index (χ2v) is 8.36. The standard InChI is InChI=1S/C14H16N4O4S3/c1-23-3-6-4-24-12-9(11(20)18(12)10(6)13(21)22)17-8(19)2-7-5-25-14(15)16-7/h5,9,12H,2-4H2,1H3,(H2,15,16)(H,17,19)(H,21,22)/t9?,12-/m0/s1. The lowest BCUT2D eigenvalue weighted by Gasteiger charge is -2.49. The Balaban J connectivity index is 1.68. The number of hydrogen-bond donors (Lipinski definition) is 3. The minimum absolute atomic E-state index is 0.0359. The molecular weight excluding hydrogens is 384 g/mol. The molecular formula is C14H16N4O4S3. The lowest BCUT2D eigenvalue weighted by atomic mass is 10.0. The Kier molecular flexibility index (Phi) is 5.25. The first-order valence-corrected chi connectivity index (χ1v) is 10.6. The van der Waals surface area contributed by atoms with Crippen LogP contribution in [0.3, 0.4) is 0 Å². The number of thioether (sulfide) groups is 2. The number of thiazole rings is 1. The molecule has 2 amide bonds. The van der Waals surface area contributed by atoms with E-state index in [9.17, 15) is 19.5 Å². The molecule has 134 valence electrons. The number of anilines is 1. The number of carbonyl (C=O) groups is 3. The number of hydrogen-bond acceptors (Lipinski definition) is 8. The smallest absolute Gasteiger partial charge is 0.352 e. The van der Waals surface area contributed by atoms with Crippen molar-refractivity contribution in [2.75, 3.05) is 23.5 Å². The maximum Gasteiger partial charge on any atom is 0.352 e. The summed E-state index contributed by atoms with van der Waals surface area (Å²) >= 11 is 4.23. The maximum absolute atomic E-state index is 12.4. The van der Waals surface area contributed by atoms with Gasteiger partial charge in [0, 0.05) is 16.9 Å². The van der Waals surface area contributed by atoms with Crippen LogP contribution in [-0.2, 0) is 20.8 Å². The quantitative estimate of drug-likeness (QED) is 0.585. The SMILES string of the molecule is CSCC1=C(C(=O)O)N2C(=O)C(NC(=O)Cc3csc(N)n3)[C@@H]2SC1. The zero-order valence-electron chi connectivity index (χ0n) is 13.2.